The molecular weight excluding hydrogens is 413 g/mol. The van der Waals surface area contributed by atoms with Crippen LogP contribution < -0.4 is 15.0 Å². The third-order valence-corrected chi connectivity index (χ3v) is 5.63. The lowest BCUT2D eigenvalue weighted by Crippen LogP contribution is -2.37. The molecule has 1 aromatic carbocycles. The lowest BCUT2D eigenvalue weighted by atomic mass is 10.1. The third kappa shape index (κ3) is 4.16. The molecule has 3 aromatic rings. The van der Waals surface area contributed by atoms with E-state index in [4.69, 9.17) is 9.47 Å². The molecule has 2 aromatic heterocycles. The first-order valence-corrected chi connectivity index (χ1v) is 10.8. The second-order valence-electron chi connectivity index (χ2n) is 7.76. The number of morpholine rings is 1. The van der Waals surface area contributed by atoms with Crippen molar-refractivity contribution in [1.29, 1.82) is 0 Å². The van der Waals surface area contributed by atoms with Crippen molar-refractivity contribution in [3.05, 3.63) is 54.1 Å². The van der Waals surface area contributed by atoms with E-state index >= 15 is 0 Å². The molecule has 9 heteroatoms. The number of benzene rings is 1. The van der Waals surface area contributed by atoms with E-state index in [0.717, 1.165) is 25.2 Å². The molecule has 5 rings (SSSR count). The Morgan fingerprint density at radius 3 is 2.81 bits per heavy atom. The van der Waals surface area contributed by atoms with Gasteiger partial charge in [0.25, 0.3) is 5.91 Å². The van der Waals surface area contributed by atoms with Crippen LogP contribution in [0.2, 0.25) is 0 Å². The fourth-order valence-electron chi connectivity index (χ4n) is 3.99. The summed E-state index contributed by atoms with van der Waals surface area (Å²) in [5.74, 6) is 0.550. The molecule has 2 bridgehead atoms. The van der Waals surface area contributed by atoms with E-state index in [9.17, 15) is 9.18 Å². The van der Waals surface area contributed by atoms with Gasteiger partial charge in [-0.15, -0.1) is 0 Å². The topological polar surface area (TPSA) is 81.5 Å². The minimum atomic E-state index is -0.414. The largest absolute Gasteiger partial charge is 0.493 e. The monoisotopic (exact) mass is 437 g/mol. The molecule has 1 fully saturated rings. The zero-order valence-electron chi connectivity index (χ0n) is 17.6. The van der Waals surface area contributed by atoms with E-state index in [-0.39, 0.29) is 11.3 Å². The molecule has 8 nitrogen and oxygen atoms in total. The molecule has 0 unspecified atom stereocenters. The number of rotatable bonds is 1. The van der Waals surface area contributed by atoms with Gasteiger partial charge in [-0.3, -0.25) is 4.79 Å². The fourth-order valence-corrected chi connectivity index (χ4v) is 3.99. The van der Waals surface area contributed by atoms with Gasteiger partial charge in [-0.05, 0) is 31.0 Å². The van der Waals surface area contributed by atoms with Crippen molar-refractivity contribution in [3.63, 3.8) is 0 Å². The Kier molecular flexibility index (Phi) is 5.72. The quantitative estimate of drug-likeness (QED) is 0.629. The van der Waals surface area contributed by atoms with Gasteiger partial charge in [-0.1, -0.05) is 6.07 Å². The Balaban J connectivity index is 1.52. The first-order chi connectivity index (χ1) is 15.7. The van der Waals surface area contributed by atoms with Crippen LogP contribution in [0.4, 0.5) is 15.9 Å². The van der Waals surface area contributed by atoms with Gasteiger partial charge >= 0.3 is 0 Å². The predicted octanol–water partition coefficient (Wildman–Crippen LogP) is 3.35. The van der Waals surface area contributed by atoms with Gasteiger partial charge in [0.15, 0.2) is 5.82 Å². The number of imidazole rings is 1. The summed E-state index contributed by atoms with van der Waals surface area (Å²) in [5.41, 5.74) is 1.32. The number of carbonyl (C=O) groups is 1. The van der Waals surface area contributed by atoms with Crippen LogP contribution in [0.15, 0.2) is 42.7 Å². The minimum absolute atomic E-state index is 0.230. The highest BCUT2D eigenvalue weighted by molar-refractivity contribution is 6.06. The number of pyridine rings is 1. The maximum atomic E-state index is 15.0. The van der Waals surface area contributed by atoms with E-state index in [1.54, 1.807) is 18.3 Å². The van der Waals surface area contributed by atoms with Gasteiger partial charge in [0.2, 0.25) is 0 Å². The molecule has 2 aliphatic rings. The smallest absolute Gasteiger partial charge is 0.260 e. The van der Waals surface area contributed by atoms with Crippen molar-refractivity contribution < 1.29 is 18.7 Å². The second-order valence-corrected chi connectivity index (χ2v) is 7.76. The van der Waals surface area contributed by atoms with Crippen molar-refractivity contribution in [2.45, 2.75) is 19.4 Å². The van der Waals surface area contributed by atoms with E-state index < -0.39 is 11.7 Å². The van der Waals surface area contributed by atoms with Gasteiger partial charge < -0.3 is 24.3 Å². The summed E-state index contributed by atoms with van der Waals surface area (Å²) in [6, 6.07) is 8.28. The molecule has 4 heterocycles. The van der Waals surface area contributed by atoms with Crippen molar-refractivity contribution in [2.24, 2.45) is 0 Å². The molecule has 1 saturated heterocycles. The number of hydrogen-bond acceptors (Lipinski definition) is 6. The van der Waals surface area contributed by atoms with Crippen molar-refractivity contribution in [2.75, 3.05) is 43.1 Å². The van der Waals surface area contributed by atoms with Crippen LogP contribution in [0.3, 0.4) is 0 Å². The van der Waals surface area contributed by atoms with E-state index in [1.165, 1.54) is 6.07 Å². The molecule has 0 atom stereocenters. The number of nitrogens with zero attached hydrogens (tertiary/aromatic N) is 4. The third-order valence-electron chi connectivity index (χ3n) is 5.63. The average Bonchev–Trinajstić information content (AvgIpc) is 3.28. The van der Waals surface area contributed by atoms with Gasteiger partial charge in [-0.25, -0.2) is 14.4 Å². The van der Waals surface area contributed by atoms with Crippen LogP contribution in [-0.2, 0) is 11.3 Å². The van der Waals surface area contributed by atoms with Gasteiger partial charge in [0.1, 0.15) is 23.1 Å². The number of amides is 1. The number of anilines is 2. The Hall–Kier alpha value is -3.46. The molecule has 2 aliphatic heterocycles. The Morgan fingerprint density at radius 1 is 1.06 bits per heavy atom. The normalized spacial score (nSPS) is 16.9. The van der Waals surface area contributed by atoms with Crippen molar-refractivity contribution in [3.8, 4) is 17.3 Å². The van der Waals surface area contributed by atoms with Crippen LogP contribution in [0, 0.1) is 5.82 Å². The predicted molar refractivity (Wildman–Crippen MR) is 118 cm³/mol. The molecule has 166 valence electrons. The van der Waals surface area contributed by atoms with E-state index in [1.807, 2.05) is 27.8 Å². The molecule has 1 N–H and O–H groups in total. The van der Waals surface area contributed by atoms with Crippen molar-refractivity contribution in [1.82, 2.24) is 14.5 Å². The summed E-state index contributed by atoms with van der Waals surface area (Å²) in [6.45, 7) is 3.30. The van der Waals surface area contributed by atoms with Gasteiger partial charge in [0.05, 0.1) is 31.1 Å². The zero-order valence-corrected chi connectivity index (χ0v) is 17.6. The molecule has 1 amide bonds. The Morgan fingerprint density at radius 2 is 1.94 bits per heavy atom. The van der Waals surface area contributed by atoms with Crippen LogP contribution >= 0.6 is 0 Å². The summed E-state index contributed by atoms with van der Waals surface area (Å²) >= 11 is 0. The zero-order chi connectivity index (χ0) is 21.9. The van der Waals surface area contributed by atoms with Gasteiger partial charge in [-0.2, -0.15) is 0 Å². The lowest BCUT2D eigenvalue weighted by Gasteiger charge is -2.29. The molecule has 0 radical (unpaired) electrons. The summed E-state index contributed by atoms with van der Waals surface area (Å²) in [7, 11) is 0. The average molecular weight is 437 g/mol. The van der Waals surface area contributed by atoms with Crippen LogP contribution in [0.5, 0.6) is 5.75 Å². The number of aromatic nitrogens is 3. The number of halogens is 1. The van der Waals surface area contributed by atoms with Gasteiger partial charge in [0, 0.05) is 38.1 Å². The number of nitrogens with one attached hydrogen (secondary N) is 1. The number of fused-ring (bicyclic) bond motifs is 5. The molecule has 0 spiro atoms. The molecule has 32 heavy (non-hydrogen) atoms. The summed E-state index contributed by atoms with van der Waals surface area (Å²) in [5, 5.41) is 2.83. The Bertz CT molecular complexity index is 1130. The standard InChI is InChI=1S/C23H24FN5O3/c24-17-15-20-16(14-19(17)28-9-12-31-13-10-28)23(30)27-21-5-3-4-18(26-21)22-25-6-8-29(22)7-1-2-11-32-20/h3-6,8,14-15H,1-2,7,9-13H2,(H,26,27,30). The van der Waals surface area contributed by atoms with Crippen LogP contribution in [-0.4, -0.2) is 53.4 Å². The lowest BCUT2D eigenvalue weighted by molar-refractivity contribution is 0.102. The van der Waals surface area contributed by atoms with E-state index in [0.29, 0.717) is 50.1 Å². The number of ether oxygens (including phenoxy) is 2. The maximum absolute atomic E-state index is 15.0. The molecular formula is C23H24FN5O3. The highest BCUT2D eigenvalue weighted by Gasteiger charge is 2.22. The van der Waals surface area contributed by atoms with Crippen LogP contribution in [0.1, 0.15) is 23.2 Å². The number of aryl methyl sites for hydroxylation is 1. The number of carbonyl (C=O) groups excluding carboxylic acids is 1. The highest BCUT2D eigenvalue weighted by atomic mass is 19.1. The summed E-state index contributed by atoms with van der Waals surface area (Å²) < 4.78 is 28.2. The summed E-state index contributed by atoms with van der Waals surface area (Å²) in [6.07, 6.45) is 5.24. The van der Waals surface area contributed by atoms with E-state index in [2.05, 4.69) is 15.3 Å². The van der Waals surface area contributed by atoms with Crippen LogP contribution in [0.25, 0.3) is 11.5 Å². The molecule has 0 saturated carbocycles. The first-order valence-electron chi connectivity index (χ1n) is 10.8. The summed E-state index contributed by atoms with van der Waals surface area (Å²) in [4.78, 5) is 24.1. The highest BCUT2D eigenvalue weighted by Crippen LogP contribution is 2.31. The molecule has 0 aliphatic carbocycles. The first kappa shape index (κ1) is 20.4. The van der Waals surface area contributed by atoms with Crippen molar-refractivity contribution >= 4 is 17.4 Å². The number of hydrogen-bond donors (Lipinski definition) is 1. The maximum Gasteiger partial charge on any atom is 0.260 e. The SMILES string of the molecule is O=C1Nc2cccc(n2)-c2nccn2CCCCOc2cc(F)c(N3CCOCC3)cc21. The second kappa shape index (κ2) is 8.96. The fraction of sp³-hybridized carbons (Fsp3) is 0.348. The Labute approximate surface area is 185 Å². The minimum Gasteiger partial charge on any atom is -0.493 e.